The van der Waals surface area contributed by atoms with Crippen LogP contribution in [0, 0.1) is 0 Å². The number of hydrogen-bond acceptors (Lipinski definition) is 2. The lowest BCUT2D eigenvalue weighted by Crippen LogP contribution is -2.53. The van der Waals surface area contributed by atoms with Gasteiger partial charge in [-0.2, -0.15) is 0 Å². The number of ether oxygens (including phenoxy) is 1. The van der Waals surface area contributed by atoms with Crippen molar-refractivity contribution in [3.63, 3.8) is 0 Å². The van der Waals surface area contributed by atoms with Gasteiger partial charge in [0.2, 0.25) is 5.91 Å². The predicted octanol–water partition coefficient (Wildman–Crippen LogP) is 2.58. The molecule has 1 amide bonds. The molecule has 2 atom stereocenters. The van der Waals surface area contributed by atoms with Gasteiger partial charge < -0.3 is 10.1 Å². The Morgan fingerprint density at radius 3 is 2.82 bits per heavy atom. The van der Waals surface area contributed by atoms with E-state index in [2.05, 4.69) is 12.2 Å². The fourth-order valence-electron chi connectivity index (χ4n) is 1.88. The highest BCUT2D eigenvalue weighted by molar-refractivity contribution is 5.76. The zero-order valence-corrected chi connectivity index (χ0v) is 11.2. The van der Waals surface area contributed by atoms with Crippen LogP contribution in [-0.2, 0) is 9.53 Å². The second-order valence-electron chi connectivity index (χ2n) is 4.59. The van der Waals surface area contributed by atoms with Gasteiger partial charge in [0.25, 0.3) is 0 Å². The van der Waals surface area contributed by atoms with E-state index in [0.29, 0.717) is 13.0 Å². The Hall–Kier alpha value is -1.09. The lowest BCUT2D eigenvalue weighted by atomic mass is 9.84. The van der Waals surface area contributed by atoms with Crippen LogP contribution in [0.25, 0.3) is 0 Å². The van der Waals surface area contributed by atoms with Crippen LogP contribution < -0.4 is 5.32 Å². The van der Waals surface area contributed by atoms with Crippen LogP contribution in [0.1, 0.15) is 40.5 Å². The van der Waals surface area contributed by atoms with Crippen molar-refractivity contribution >= 4 is 5.91 Å². The summed E-state index contributed by atoms with van der Waals surface area (Å²) >= 11 is 0. The summed E-state index contributed by atoms with van der Waals surface area (Å²) in [6.07, 6.45) is 7.49. The van der Waals surface area contributed by atoms with E-state index in [4.69, 9.17) is 4.74 Å². The highest BCUT2D eigenvalue weighted by Gasteiger charge is 2.37. The van der Waals surface area contributed by atoms with Crippen molar-refractivity contribution in [1.29, 1.82) is 0 Å². The van der Waals surface area contributed by atoms with Gasteiger partial charge in [-0.05, 0) is 25.8 Å². The average molecular weight is 237 g/mol. The molecule has 0 heterocycles. The molecule has 3 heteroatoms. The number of allylic oxidation sites excluding steroid dienone is 2. The molecule has 1 aliphatic rings. The summed E-state index contributed by atoms with van der Waals surface area (Å²) in [5.74, 6) is 0.0562. The van der Waals surface area contributed by atoms with Gasteiger partial charge in [0.15, 0.2) is 0 Å². The van der Waals surface area contributed by atoms with E-state index in [1.807, 2.05) is 39.0 Å². The maximum absolute atomic E-state index is 11.5. The zero-order valence-electron chi connectivity index (χ0n) is 11.2. The standard InChI is InChI=1S/C14H23NO2/c1-5-10-17-14(4)11(3)8-7-9-12(14)15-13(16)6-2/h7-9,12H,5-6,10H2,1-4H3,(H,15,16). The second kappa shape index (κ2) is 6.01. The first-order chi connectivity index (χ1) is 8.04. The number of nitrogens with one attached hydrogen (secondary N) is 1. The molecule has 0 aromatic heterocycles. The van der Waals surface area contributed by atoms with Crippen LogP contribution in [0.15, 0.2) is 23.8 Å². The lowest BCUT2D eigenvalue weighted by molar-refractivity contribution is -0.123. The third-order valence-corrected chi connectivity index (χ3v) is 3.27. The van der Waals surface area contributed by atoms with Crippen molar-refractivity contribution in [2.75, 3.05) is 6.61 Å². The Morgan fingerprint density at radius 1 is 1.53 bits per heavy atom. The van der Waals surface area contributed by atoms with Gasteiger partial charge in [0.05, 0.1) is 6.04 Å². The number of carbonyl (C=O) groups excluding carboxylic acids is 1. The van der Waals surface area contributed by atoms with Crippen LogP contribution >= 0.6 is 0 Å². The highest BCUT2D eigenvalue weighted by atomic mass is 16.5. The molecule has 1 aliphatic carbocycles. The molecule has 0 aliphatic heterocycles. The lowest BCUT2D eigenvalue weighted by Gasteiger charge is -2.39. The van der Waals surface area contributed by atoms with Crippen LogP contribution in [0.3, 0.4) is 0 Å². The third kappa shape index (κ3) is 3.19. The SMILES string of the molecule is CCCOC1(C)C(C)=CC=CC1NC(=O)CC. The van der Waals surface area contributed by atoms with Gasteiger partial charge in [-0.3, -0.25) is 4.79 Å². The van der Waals surface area contributed by atoms with Crippen LogP contribution in [-0.4, -0.2) is 24.2 Å². The molecule has 0 saturated heterocycles. The molecule has 0 spiro atoms. The average Bonchev–Trinajstić information content (AvgIpc) is 2.32. The fourth-order valence-corrected chi connectivity index (χ4v) is 1.88. The quantitative estimate of drug-likeness (QED) is 0.798. The van der Waals surface area contributed by atoms with E-state index in [0.717, 1.165) is 12.0 Å². The molecule has 96 valence electrons. The first-order valence-electron chi connectivity index (χ1n) is 6.33. The van der Waals surface area contributed by atoms with E-state index >= 15 is 0 Å². The van der Waals surface area contributed by atoms with Crippen LogP contribution in [0.2, 0.25) is 0 Å². The summed E-state index contributed by atoms with van der Waals surface area (Å²) in [5, 5.41) is 3.01. The minimum Gasteiger partial charge on any atom is -0.368 e. The maximum atomic E-state index is 11.5. The third-order valence-electron chi connectivity index (χ3n) is 3.27. The van der Waals surface area contributed by atoms with E-state index in [1.165, 1.54) is 0 Å². The van der Waals surface area contributed by atoms with Gasteiger partial charge in [0.1, 0.15) is 5.60 Å². The van der Waals surface area contributed by atoms with Crippen molar-refractivity contribution in [2.45, 2.75) is 52.2 Å². The van der Waals surface area contributed by atoms with Gasteiger partial charge >= 0.3 is 0 Å². The highest BCUT2D eigenvalue weighted by Crippen LogP contribution is 2.29. The fraction of sp³-hybridized carbons (Fsp3) is 0.643. The topological polar surface area (TPSA) is 38.3 Å². The summed E-state index contributed by atoms with van der Waals surface area (Å²) in [6.45, 7) is 8.73. The van der Waals surface area contributed by atoms with Crippen molar-refractivity contribution in [3.05, 3.63) is 23.8 Å². The van der Waals surface area contributed by atoms with Gasteiger partial charge in [-0.15, -0.1) is 0 Å². The van der Waals surface area contributed by atoms with Crippen molar-refractivity contribution in [1.82, 2.24) is 5.32 Å². The summed E-state index contributed by atoms with van der Waals surface area (Å²) in [4.78, 5) is 11.5. The molecule has 0 aromatic carbocycles. The summed E-state index contributed by atoms with van der Waals surface area (Å²) in [6, 6.07) is -0.0773. The van der Waals surface area contributed by atoms with E-state index in [-0.39, 0.29) is 11.9 Å². The van der Waals surface area contributed by atoms with E-state index < -0.39 is 5.60 Å². The maximum Gasteiger partial charge on any atom is 0.220 e. The number of hydrogen-bond donors (Lipinski definition) is 1. The molecule has 2 unspecified atom stereocenters. The van der Waals surface area contributed by atoms with Crippen molar-refractivity contribution < 1.29 is 9.53 Å². The molecule has 1 rings (SSSR count). The van der Waals surface area contributed by atoms with Gasteiger partial charge in [0, 0.05) is 13.0 Å². The molecule has 17 heavy (non-hydrogen) atoms. The summed E-state index contributed by atoms with van der Waals surface area (Å²) in [5.41, 5.74) is 0.727. The minimum atomic E-state index is -0.421. The zero-order chi connectivity index (χ0) is 12.9. The molecular formula is C14H23NO2. The van der Waals surface area contributed by atoms with Crippen molar-refractivity contribution in [3.8, 4) is 0 Å². The Balaban J connectivity index is 2.82. The number of amides is 1. The second-order valence-corrected chi connectivity index (χ2v) is 4.59. The first-order valence-corrected chi connectivity index (χ1v) is 6.33. The Morgan fingerprint density at radius 2 is 2.24 bits per heavy atom. The van der Waals surface area contributed by atoms with Gasteiger partial charge in [-0.1, -0.05) is 32.1 Å². The normalized spacial score (nSPS) is 27.8. The largest absolute Gasteiger partial charge is 0.368 e. The predicted molar refractivity (Wildman–Crippen MR) is 69.8 cm³/mol. The Labute approximate surface area is 104 Å². The molecule has 0 radical (unpaired) electrons. The van der Waals surface area contributed by atoms with E-state index in [9.17, 15) is 4.79 Å². The van der Waals surface area contributed by atoms with Gasteiger partial charge in [-0.25, -0.2) is 0 Å². The molecule has 3 nitrogen and oxygen atoms in total. The smallest absolute Gasteiger partial charge is 0.220 e. The van der Waals surface area contributed by atoms with E-state index in [1.54, 1.807) is 0 Å². The number of carbonyl (C=O) groups is 1. The van der Waals surface area contributed by atoms with Crippen LogP contribution in [0.4, 0.5) is 0 Å². The Bertz CT molecular complexity index is 333. The van der Waals surface area contributed by atoms with Crippen LogP contribution in [0.5, 0.6) is 0 Å². The minimum absolute atomic E-state index is 0.0562. The molecule has 0 aromatic rings. The first kappa shape index (κ1) is 14.0. The molecule has 0 fully saturated rings. The monoisotopic (exact) mass is 237 g/mol. The molecule has 1 N–H and O–H groups in total. The molecule has 0 saturated carbocycles. The Kier molecular flexibility index (Phi) is 4.94. The summed E-state index contributed by atoms with van der Waals surface area (Å²) in [7, 11) is 0. The molecular weight excluding hydrogens is 214 g/mol. The van der Waals surface area contributed by atoms with Crippen molar-refractivity contribution in [2.24, 2.45) is 0 Å². The summed E-state index contributed by atoms with van der Waals surface area (Å²) < 4.78 is 5.96. The molecule has 0 bridgehead atoms. The number of rotatable bonds is 5.